The first-order valence-corrected chi connectivity index (χ1v) is 5.72. The predicted octanol–water partition coefficient (Wildman–Crippen LogP) is 1.11. The van der Waals surface area contributed by atoms with E-state index in [2.05, 4.69) is 27.5 Å². The van der Waals surface area contributed by atoms with Gasteiger partial charge < -0.3 is 5.32 Å². The minimum absolute atomic E-state index is 0.0913. The molecule has 0 bridgehead atoms. The molecule has 3 heterocycles. The van der Waals surface area contributed by atoms with Crippen LogP contribution in [0.1, 0.15) is 32.0 Å². The fraction of sp³-hybridized carbons (Fsp3) is 0.545. The van der Waals surface area contributed by atoms with Crippen LogP contribution < -0.4 is 5.32 Å². The first-order chi connectivity index (χ1) is 7.80. The Hall–Kier alpha value is -1.49. The zero-order valence-electron chi connectivity index (χ0n) is 9.35. The molecule has 3 rings (SSSR count). The highest BCUT2D eigenvalue weighted by Crippen LogP contribution is 2.28. The average molecular weight is 217 g/mol. The van der Waals surface area contributed by atoms with E-state index in [1.54, 1.807) is 6.20 Å². The lowest BCUT2D eigenvalue weighted by atomic mass is 9.90. The van der Waals surface area contributed by atoms with Crippen molar-refractivity contribution in [2.75, 3.05) is 6.54 Å². The first-order valence-electron chi connectivity index (χ1n) is 5.72. The van der Waals surface area contributed by atoms with Crippen LogP contribution in [0.25, 0.3) is 5.65 Å². The normalized spacial score (nSPS) is 26.1. The summed E-state index contributed by atoms with van der Waals surface area (Å²) in [5.74, 6) is 0.919. The maximum atomic E-state index is 4.31. The van der Waals surface area contributed by atoms with Crippen molar-refractivity contribution in [3.05, 3.63) is 24.2 Å². The quantitative estimate of drug-likeness (QED) is 0.777. The molecule has 5 nitrogen and oxygen atoms in total. The van der Waals surface area contributed by atoms with Gasteiger partial charge in [-0.15, -0.1) is 10.2 Å². The zero-order valence-corrected chi connectivity index (χ0v) is 9.35. The standard InChI is InChI=1S/C11H15N5/c1-11(6-2-3-7-12-11)10-15-14-9-5-4-8-13-16(9)10/h4-5,8,12H,2-3,6-7H2,1H3. The lowest BCUT2D eigenvalue weighted by Crippen LogP contribution is -2.44. The van der Waals surface area contributed by atoms with Gasteiger partial charge in [0.15, 0.2) is 11.5 Å². The maximum Gasteiger partial charge on any atom is 0.177 e. The Morgan fingerprint density at radius 2 is 2.31 bits per heavy atom. The van der Waals surface area contributed by atoms with Crippen molar-refractivity contribution < 1.29 is 0 Å². The van der Waals surface area contributed by atoms with Gasteiger partial charge in [0.05, 0.1) is 5.54 Å². The van der Waals surface area contributed by atoms with Crippen molar-refractivity contribution >= 4 is 5.65 Å². The van der Waals surface area contributed by atoms with Crippen molar-refractivity contribution in [2.45, 2.75) is 31.7 Å². The summed E-state index contributed by atoms with van der Waals surface area (Å²) in [5.41, 5.74) is 0.720. The summed E-state index contributed by atoms with van der Waals surface area (Å²) in [6, 6.07) is 3.81. The summed E-state index contributed by atoms with van der Waals surface area (Å²) in [7, 11) is 0. The van der Waals surface area contributed by atoms with Gasteiger partial charge in [-0.05, 0) is 44.9 Å². The second-order valence-electron chi connectivity index (χ2n) is 4.53. The van der Waals surface area contributed by atoms with Crippen LogP contribution in [0.4, 0.5) is 0 Å². The molecule has 1 N–H and O–H groups in total. The fourth-order valence-electron chi connectivity index (χ4n) is 2.34. The molecule has 2 aromatic rings. The van der Waals surface area contributed by atoms with Crippen LogP contribution in [0.5, 0.6) is 0 Å². The molecule has 0 saturated carbocycles. The number of hydrogen-bond donors (Lipinski definition) is 1. The predicted molar refractivity (Wildman–Crippen MR) is 60.0 cm³/mol. The number of aromatic nitrogens is 4. The second-order valence-corrected chi connectivity index (χ2v) is 4.53. The van der Waals surface area contributed by atoms with E-state index < -0.39 is 0 Å². The van der Waals surface area contributed by atoms with Crippen LogP contribution in [0, 0.1) is 0 Å². The van der Waals surface area contributed by atoms with E-state index in [4.69, 9.17) is 0 Å². The van der Waals surface area contributed by atoms with Crippen molar-refractivity contribution in [3.8, 4) is 0 Å². The third-order valence-electron chi connectivity index (χ3n) is 3.29. The summed E-state index contributed by atoms with van der Waals surface area (Å²) in [6.45, 7) is 3.22. The number of piperidine rings is 1. The average Bonchev–Trinajstić information content (AvgIpc) is 2.74. The molecule has 5 heteroatoms. The molecule has 2 aromatic heterocycles. The van der Waals surface area contributed by atoms with Crippen molar-refractivity contribution in [1.29, 1.82) is 0 Å². The molecule has 0 aromatic carbocycles. The number of nitrogens with one attached hydrogen (secondary N) is 1. The fourth-order valence-corrected chi connectivity index (χ4v) is 2.34. The van der Waals surface area contributed by atoms with Crippen LogP contribution >= 0.6 is 0 Å². The van der Waals surface area contributed by atoms with Crippen molar-refractivity contribution in [2.24, 2.45) is 0 Å². The minimum atomic E-state index is -0.0913. The van der Waals surface area contributed by atoms with Crippen LogP contribution in [0.15, 0.2) is 18.3 Å². The van der Waals surface area contributed by atoms with Gasteiger partial charge in [-0.25, -0.2) is 0 Å². The Kier molecular flexibility index (Phi) is 2.14. The Bertz CT molecular complexity index is 498. The Labute approximate surface area is 93.9 Å². The summed E-state index contributed by atoms with van der Waals surface area (Å²) in [4.78, 5) is 0. The van der Waals surface area contributed by atoms with E-state index in [1.165, 1.54) is 12.8 Å². The van der Waals surface area contributed by atoms with Gasteiger partial charge in [0, 0.05) is 6.20 Å². The molecule has 1 atom stereocenters. The van der Waals surface area contributed by atoms with Crippen LogP contribution in [0.2, 0.25) is 0 Å². The lowest BCUT2D eigenvalue weighted by Gasteiger charge is -2.32. The Balaban J connectivity index is 2.11. The van der Waals surface area contributed by atoms with Gasteiger partial charge in [0.2, 0.25) is 0 Å². The second kappa shape index (κ2) is 3.52. The molecule has 1 aliphatic rings. The first kappa shape index (κ1) is 9.72. The molecule has 1 fully saturated rings. The van der Waals surface area contributed by atoms with E-state index in [-0.39, 0.29) is 5.54 Å². The van der Waals surface area contributed by atoms with Crippen LogP contribution in [-0.4, -0.2) is 26.4 Å². The Morgan fingerprint density at radius 1 is 1.38 bits per heavy atom. The minimum Gasteiger partial charge on any atom is -0.305 e. The highest BCUT2D eigenvalue weighted by Gasteiger charge is 2.33. The molecule has 1 unspecified atom stereocenters. The number of nitrogens with zero attached hydrogens (tertiary/aromatic N) is 4. The van der Waals surface area contributed by atoms with Gasteiger partial charge in [-0.2, -0.15) is 9.61 Å². The van der Waals surface area contributed by atoms with E-state index >= 15 is 0 Å². The summed E-state index contributed by atoms with van der Waals surface area (Å²) >= 11 is 0. The number of rotatable bonds is 1. The van der Waals surface area contributed by atoms with Crippen molar-refractivity contribution in [3.63, 3.8) is 0 Å². The monoisotopic (exact) mass is 217 g/mol. The molecule has 84 valence electrons. The van der Waals surface area contributed by atoms with E-state index in [9.17, 15) is 0 Å². The van der Waals surface area contributed by atoms with Gasteiger partial charge in [-0.3, -0.25) is 0 Å². The molecule has 0 spiro atoms. The van der Waals surface area contributed by atoms with Gasteiger partial charge in [0.25, 0.3) is 0 Å². The van der Waals surface area contributed by atoms with E-state index in [0.717, 1.165) is 24.4 Å². The van der Waals surface area contributed by atoms with Crippen LogP contribution in [-0.2, 0) is 5.54 Å². The SMILES string of the molecule is CC1(c2nnc3cccnn23)CCCCN1. The molecular weight excluding hydrogens is 202 g/mol. The van der Waals surface area contributed by atoms with Crippen molar-refractivity contribution in [1.82, 2.24) is 25.1 Å². The van der Waals surface area contributed by atoms with Gasteiger partial charge in [-0.1, -0.05) is 0 Å². The highest BCUT2D eigenvalue weighted by molar-refractivity contribution is 5.36. The molecule has 1 saturated heterocycles. The number of fused-ring (bicyclic) bond motifs is 1. The van der Waals surface area contributed by atoms with Gasteiger partial charge in [0.1, 0.15) is 0 Å². The number of hydrogen-bond acceptors (Lipinski definition) is 4. The summed E-state index contributed by atoms with van der Waals surface area (Å²) < 4.78 is 1.83. The van der Waals surface area contributed by atoms with Gasteiger partial charge >= 0.3 is 0 Å². The summed E-state index contributed by atoms with van der Waals surface area (Å²) in [6.07, 6.45) is 5.32. The van der Waals surface area contributed by atoms with Crippen LogP contribution in [0.3, 0.4) is 0 Å². The third kappa shape index (κ3) is 1.39. The lowest BCUT2D eigenvalue weighted by molar-refractivity contribution is 0.264. The van der Waals surface area contributed by atoms with E-state index in [0.29, 0.717) is 0 Å². The Morgan fingerprint density at radius 3 is 3.12 bits per heavy atom. The molecular formula is C11H15N5. The molecule has 0 aliphatic carbocycles. The van der Waals surface area contributed by atoms with E-state index in [1.807, 2.05) is 16.6 Å². The highest BCUT2D eigenvalue weighted by atomic mass is 15.4. The molecule has 1 aliphatic heterocycles. The third-order valence-corrected chi connectivity index (χ3v) is 3.29. The zero-order chi connectivity index (χ0) is 11.0. The largest absolute Gasteiger partial charge is 0.305 e. The molecule has 0 radical (unpaired) electrons. The smallest absolute Gasteiger partial charge is 0.177 e. The maximum absolute atomic E-state index is 4.31. The molecule has 0 amide bonds. The topological polar surface area (TPSA) is 55.1 Å². The molecule has 16 heavy (non-hydrogen) atoms. The summed E-state index contributed by atoms with van der Waals surface area (Å²) in [5, 5.41) is 16.3.